The van der Waals surface area contributed by atoms with Crippen molar-refractivity contribution in [3.05, 3.63) is 58.1 Å². The molecule has 0 saturated carbocycles. The van der Waals surface area contributed by atoms with E-state index in [0.29, 0.717) is 0 Å². The number of rotatable bonds is 6. The van der Waals surface area contributed by atoms with E-state index in [1.165, 1.54) is 37.4 Å². The number of benzene rings is 2. The van der Waals surface area contributed by atoms with E-state index in [1.807, 2.05) is 0 Å². The minimum Gasteiger partial charge on any atom is -0.490 e. The molecule has 0 spiro atoms. The first-order valence-electron chi connectivity index (χ1n) is 8.21. The van der Waals surface area contributed by atoms with Gasteiger partial charge in [0, 0.05) is 17.2 Å². The van der Waals surface area contributed by atoms with Crippen LogP contribution in [0.2, 0.25) is 0 Å². The van der Waals surface area contributed by atoms with Crippen LogP contribution in [-0.4, -0.2) is 31.9 Å². The molecule has 10 heteroatoms. The zero-order valence-electron chi connectivity index (χ0n) is 15.8. The van der Waals surface area contributed by atoms with Gasteiger partial charge in [0.25, 0.3) is 5.91 Å². The second-order valence-corrected chi connectivity index (χ2v) is 8.60. The fourth-order valence-corrected chi connectivity index (χ4v) is 4.01. The minimum absolute atomic E-state index is 0.0107. The first-order chi connectivity index (χ1) is 12.9. The van der Waals surface area contributed by atoms with Crippen molar-refractivity contribution in [3.63, 3.8) is 0 Å². The molecule has 0 radical (unpaired) electrons. The summed E-state index contributed by atoms with van der Waals surface area (Å²) in [4.78, 5) is 22.9. The van der Waals surface area contributed by atoms with E-state index >= 15 is 0 Å². The molecule has 1 amide bonds. The third-order valence-corrected chi connectivity index (χ3v) is 5.32. The number of nitrogens with one attached hydrogen (secondary N) is 2. The third kappa shape index (κ3) is 5.05. The highest BCUT2D eigenvalue weighted by atomic mass is 32.2. The van der Waals surface area contributed by atoms with Crippen LogP contribution in [0.4, 0.5) is 11.4 Å². The van der Waals surface area contributed by atoms with Gasteiger partial charge in [-0.05, 0) is 45.0 Å². The van der Waals surface area contributed by atoms with Crippen molar-refractivity contribution in [1.82, 2.24) is 4.72 Å². The fraction of sp³-hybridized carbons (Fsp3) is 0.278. The van der Waals surface area contributed by atoms with Gasteiger partial charge in [-0.3, -0.25) is 14.9 Å². The Morgan fingerprint density at radius 3 is 2.36 bits per heavy atom. The predicted octanol–water partition coefficient (Wildman–Crippen LogP) is 2.93. The molecule has 0 unspecified atom stereocenters. The molecule has 9 nitrogen and oxygen atoms in total. The lowest BCUT2D eigenvalue weighted by Crippen LogP contribution is -2.40. The predicted molar refractivity (Wildman–Crippen MR) is 104 cm³/mol. The van der Waals surface area contributed by atoms with E-state index < -0.39 is 26.4 Å². The van der Waals surface area contributed by atoms with Crippen molar-refractivity contribution >= 4 is 27.3 Å². The lowest BCUT2D eigenvalue weighted by atomic mass is 10.1. The molecule has 0 aliphatic rings. The average Bonchev–Trinajstić information content (AvgIpc) is 2.59. The van der Waals surface area contributed by atoms with Crippen LogP contribution in [0.25, 0.3) is 0 Å². The molecule has 0 aliphatic carbocycles. The maximum Gasteiger partial charge on any atom is 0.311 e. The van der Waals surface area contributed by atoms with Gasteiger partial charge in [-0.25, -0.2) is 13.1 Å². The second-order valence-electron chi connectivity index (χ2n) is 6.95. The van der Waals surface area contributed by atoms with Crippen LogP contribution in [0.3, 0.4) is 0 Å². The van der Waals surface area contributed by atoms with Crippen LogP contribution in [0.15, 0.2) is 47.4 Å². The quantitative estimate of drug-likeness (QED) is 0.560. The number of nitrogens with zero attached hydrogens (tertiary/aromatic N) is 1. The maximum absolute atomic E-state index is 12.6. The van der Waals surface area contributed by atoms with Gasteiger partial charge in [0.2, 0.25) is 10.0 Å². The van der Waals surface area contributed by atoms with Crippen molar-refractivity contribution in [2.24, 2.45) is 0 Å². The Morgan fingerprint density at radius 1 is 1.14 bits per heavy atom. The number of anilines is 1. The highest BCUT2D eigenvalue weighted by Crippen LogP contribution is 2.28. The number of hydrogen-bond donors (Lipinski definition) is 2. The highest BCUT2D eigenvalue weighted by molar-refractivity contribution is 7.89. The molecule has 28 heavy (non-hydrogen) atoms. The number of ether oxygens (including phenoxy) is 1. The minimum atomic E-state index is -3.90. The molecule has 2 aromatic rings. The van der Waals surface area contributed by atoms with Crippen LogP contribution >= 0.6 is 0 Å². The smallest absolute Gasteiger partial charge is 0.311 e. The Kier molecular flexibility index (Phi) is 6.05. The number of nitro groups is 1. The van der Waals surface area contributed by atoms with E-state index in [1.54, 1.807) is 26.8 Å². The van der Waals surface area contributed by atoms with Gasteiger partial charge in [-0.2, -0.15) is 0 Å². The van der Waals surface area contributed by atoms with E-state index in [2.05, 4.69) is 10.0 Å². The Labute approximate surface area is 162 Å². The Balaban J connectivity index is 2.39. The standard InChI is InChI=1S/C18H21N3O6S/c1-18(2,3)20-28(25,26)16-8-6-5-7-13(16)19-17(22)12-9-10-15(27-4)14(11-12)21(23)24/h5-11,20H,1-4H3,(H,19,22). The van der Waals surface area contributed by atoms with Gasteiger partial charge in [0.15, 0.2) is 5.75 Å². The first-order valence-corrected chi connectivity index (χ1v) is 9.70. The molecule has 0 fully saturated rings. The molecule has 0 aliphatic heterocycles. The van der Waals surface area contributed by atoms with Crippen molar-refractivity contribution in [3.8, 4) is 5.75 Å². The normalized spacial score (nSPS) is 11.7. The number of para-hydroxylation sites is 1. The number of methoxy groups -OCH3 is 1. The Morgan fingerprint density at radius 2 is 1.79 bits per heavy atom. The van der Waals surface area contributed by atoms with E-state index in [9.17, 15) is 23.3 Å². The highest BCUT2D eigenvalue weighted by Gasteiger charge is 2.25. The Hall–Kier alpha value is -2.98. The molecule has 150 valence electrons. The second kappa shape index (κ2) is 7.95. The van der Waals surface area contributed by atoms with Gasteiger partial charge < -0.3 is 10.1 Å². The molecule has 0 aromatic heterocycles. The molecular formula is C18H21N3O6S. The maximum atomic E-state index is 12.6. The summed E-state index contributed by atoms with van der Waals surface area (Å²) in [7, 11) is -2.62. The monoisotopic (exact) mass is 407 g/mol. The van der Waals surface area contributed by atoms with Crippen molar-refractivity contribution in [2.45, 2.75) is 31.2 Å². The summed E-state index contributed by atoms with van der Waals surface area (Å²) in [5.41, 5.74) is -1.04. The zero-order chi connectivity index (χ0) is 21.1. The number of amides is 1. The summed E-state index contributed by atoms with van der Waals surface area (Å²) < 4.78 is 32.7. The van der Waals surface area contributed by atoms with Crippen LogP contribution in [-0.2, 0) is 10.0 Å². The number of carbonyl (C=O) groups is 1. The van der Waals surface area contributed by atoms with Crippen molar-refractivity contribution in [2.75, 3.05) is 12.4 Å². The summed E-state index contributed by atoms with van der Waals surface area (Å²) >= 11 is 0. The van der Waals surface area contributed by atoms with Gasteiger partial charge in [-0.1, -0.05) is 12.1 Å². The molecular weight excluding hydrogens is 386 g/mol. The lowest BCUT2D eigenvalue weighted by molar-refractivity contribution is -0.385. The zero-order valence-corrected chi connectivity index (χ0v) is 16.7. The van der Waals surface area contributed by atoms with E-state index in [-0.39, 0.29) is 27.6 Å². The first kappa shape index (κ1) is 21.3. The van der Waals surface area contributed by atoms with Crippen LogP contribution < -0.4 is 14.8 Å². The van der Waals surface area contributed by atoms with Gasteiger partial charge in [0.1, 0.15) is 4.90 Å². The SMILES string of the molecule is COc1ccc(C(=O)Nc2ccccc2S(=O)(=O)NC(C)(C)C)cc1[N+](=O)[O-]. The number of carbonyl (C=O) groups excluding carboxylic acids is 1. The van der Waals surface area contributed by atoms with Gasteiger partial charge >= 0.3 is 5.69 Å². The lowest BCUT2D eigenvalue weighted by Gasteiger charge is -2.21. The third-order valence-electron chi connectivity index (χ3n) is 3.50. The largest absolute Gasteiger partial charge is 0.490 e. The summed E-state index contributed by atoms with van der Waals surface area (Å²) in [5.74, 6) is -0.678. The summed E-state index contributed by atoms with van der Waals surface area (Å²) in [6, 6.07) is 9.63. The van der Waals surface area contributed by atoms with E-state index in [4.69, 9.17) is 4.74 Å². The molecule has 2 rings (SSSR count). The van der Waals surface area contributed by atoms with E-state index in [0.717, 1.165) is 6.07 Å². The van der Waals surface area contributed by atoms with Crippen LogP contribution in [0.1, 0.15) is 31.1 Å². The summed E-state index contributed by atoms with van der Waals surface area (Å²) in [6.45, 7) is 5.09. The Bertz CT molecular complexity index is 1010. The molecule has 0 saturated heterocycles. The summed E-state index contributed by atoms with van der Waals surface area (Å²) in [6.07, 6.45) is 0. The molecule has 0 heterocycles. The van der Waals surface area contributed by atoms with Gasteiger partial charge in [-0.15, -0.1) is 0 Å². The number of sulfonamides is 1. The van der Waals surface area contributed by atoms with Crippen LogP contribution in [0, 0.1) is 10.1 Å². The average molecular weight is 407 g/mol. The van der Waals surface area contributed by atoms with Gasteiger partial charge in [0.05, 0.1) is 17.7 Å². The number of hydrogen-bond acceptors (Lipinski definition) is 6. The van der Waals surface area contributed by atoms with Crippen molar-refractivity contribution < 1.29 is 22.9 Å². The topological polar surface area (TPSA) is 128 Å². The van der Waals surface area contributed by atoms with Crippen molar-refractivity contribution in [1.29, 1.82) is 0 Å². The number of nitro benzene ring substituents is 1. The molecule has 0 atom stereocenters. The molecule has 0 bridgehead atoms. The van der Waals surface area contributed by atoms with Crippen LogP contribution in [0.5, 0.6) is 5.75 Å². The summed E-state index contributed by atoms with van der Waals surface area (Å²) in [5, 5.41) is 13.6. The molecule has 2 N–H and O–H groups in total. The fourth-order valence-electron chi connectivity index (χ4n) is 2.43. The molecule has 2 aromatic carbocycles.